The number of hydrogen-bond acceptors (Lipinski definition) is 7. The molecule has 4 rings (SSSR count). The van der Waals surface area contributed by atoms with E-state index in [0.29, 0.717) is 35.5 Å². The summed E-state index contributed by atoms with van der Waals surface area (Å²) in [6.07, 6.45) is 2.90. The van der Waals surface area contributed by atoms with E-state index in [9.17, 15) is 18.0 Å². The maximum atomic E-state index is 13.3. The second kappa shape index (κ2) is 7.72. The summed E-state index contributed by atoms with van der Waals surface area (Å²) in [6, 6.07) is 0. The maximum absolute atomic E-state index is 13.3. The van der Waals surface area contributed by atoms with Crippen molar-refractivity contribution in [2.45, 2.75) is 53.1 Å². The first-order valence-corrected chi connectivity index (χ1v) is 13.4. The summed E-state index contributed by atoms with van der Waals surface area (Å²) in [4.78, 5) is 33.1. The Morgan fingerprint density at radius 1 is 0.906 bits per heavy atom. The zero-order valence-electron chi connectivity index (χ0n) is 19.7. The average molecular weight is 470 g/mol. The summed E-state index contributed by atoms with van der Waals surface area (Å²) >= 11 is 0. The van der Waals surface area contributed by atoms with Crippen molar-refractivity contribution in [3.8, 4) is 0 Å². The molecule has 4 saturated carbocycles. The topological polar surface area (TPSA) is 108 Å². The molecule has 4 aliphatic carbocycles. The minimum atomic E-state index is -3.65. The molecule has 0 heterocycles. The van der Waals surface area contributed by atoms with Gasteiger partial charge in [0.25, 0.3) is 0 Å². The molecule has 4 aliphatic rings. The molecule has 0 saturated heterocycles. The van der Waals surface area contributed by atoms with E-state index in [1.807, 2.05) is 20.8 Å². The van der Waals surface area contributed by atoms with E-state index in [1.165, 1.54) is 6.42 Å². The van der Waals surface area contributed by atoms with Crippen LogP contribution in [0.25, 0.3) is 0 Å². The third-order valence-corrected chi connectivity index (χ3v) is 8.86. The first kappa shape index (κ1) is 23.5. The van der Waals surface area contributed by atoms with Crippen molar-refractivity contribution in [3.63, 3.8) is 0 Å². The number of esters is 2. The normalized spacial score (nSPS) is 41.9. The molecule has 10 atom stereocenters. The number of ether oxygens (including phenoxy) is 2. The van der Waals surface area contributed by atoms with Gasteiger partial charge >= 0.3 is 17.9 Å². The van der Waals surface area contributed by atoms with Gasteiger partial charge in [-0.1, -0.05) is 13.8 Å². The van der Waals surface area contributed by atoms with Crippen LogP contribution in [0, 0.1) is 59.2 Å². The average Bonchev–Trinajstić information content (AvgIpc) is 3.36. The summed E-state index contributed by atoms with van der Waals surface area (Å²) in [7, 11) is -3.65. The van der Waals surface area contributed by atoms with Gasteiger partial charge in [-0.05, 0) is 92.4 Å². The zero-order valence-corrected chi connectivity index (χ0v) is 20.5. The van der Waals surface area contributed by atoms with E-state index in [0.717, 1.165) is 12.7 Å². The van der Waals surface area contributed by atoms with E-state index in [4.69, 9.17) is 14.3 Å². The molecule has 0 aliphatic heterocycles. The van der Waals surface area contributed by atoms with Crippen molar-refractivity contribution >= 4 is 22.0 Å². The Bertz CT molecular complexity index is 923. The van der Waals surface area contributed by atoms with Crippen LogP contribution in [0.3, 0.4) is 0 Å². The quantitative estimate of drug-likeness (QED) is 0.276. The largest absolute Gasteiger partial charge is 0.460 e. The van der Waals surface area contributed by atoms with E-state index < -0.39 is 39.4 Å². The smallest absolute Gasteiger partial charge is 0.317 e. The highest BCUT2D eigenvalue weighted by atomic mass is 32.2. The Balaban J connectivity index is 1.57. The van der Waals surface area contributed by atoms with Crippen molar-refractivity contribution in [1.29, 1.82) is 0 Å². The summed E-state index contributed by atoms with van der Waals surface area (Å²) in [5, 5.41) is 0. The summed E-state index contributed by atoms with van der Waals surface area (Å²) in [5.74, 6) is 0.784. The number of fused-ring (bicyclic) bond motifs is 9. The SMILES string of the molecule is C=C(ONS(C)(=O)=O)OC(=O)C1C2CC(C1C(=O)OC(C)(C)C)C1C3CC(C(C)C3C)C21. The van der Waals surface area contributed by atoms with Crippen LogP contribution in [0.15, 0.2) is 12.5 Å². The Morgan fingerprint density at radius 3 is 1.84 bits per heavy atom. The van der Waals surface area contributed by atoms with Gasteiger partial charge in [0.1, 0.15) is 5.60 Å². The second-order valence-corrected chi connectivity index (χ2v) is 13.0. The van der Waals surface area contributed by atoms with Crippen LogP contribution in [0.2, 0.25) is 0 Å². The molecule has 180 valence electrons. The molecule has 0 aromatic rings. The fourth-order valence-electron chi connectivity index (χ4n) is 7.58. The van der Waals surface area contributed by atoms with Crippen molar-refractivity contribution in [2.75, 3.05) is 6.26 Å². The predicted molar refractivity (Wildman–Crippen MR) is 116 cm³/mol. The number of rotatable bonds is 6. The lowest BCUT2D eigenvalue weighted by Gasteiger charge is -2.45. The molecule has 4 bridgehead atoms. The molecule has 0 aromatic carbocycles. The zero-order chi connectivity index (χ0) is 23.7. The van der Waals surface area contributed by atoms with Crippen molar-refractivity contribution < 1.29 is 32.3 Å². The van der Waals surface area contributed by atoms with Crippen LogP contribution in [0.4, 0.5) is 0 Å². The van der Waals surface area contributed by atoms with Crippen LogP contribution < -0.4 is 4.89 Å². The molecule has 9 heteroatoms. The third kappa shape index (κ3) is 3.95. The van der Waals surface area contributed by atoms with E-state index in [1.54, 1.807) is 4.89 Å². The molecule has 1 N–H and O–H groups in total. The van der Waals surface area contributed by atoms with Crippen LogP contribution in [-0.2, 0) is 33.9 Å². The number of carbonyl (C=O) groups is 2. The number of carbonyl (C=O) groups excluding carboxylic acids is 2. The molecular formula is C23H35NO7S. The van der Waals surface area contributed by atoms with Crippen LogP contribution in [-0.4, -0.2) is 32.2 Å². The Kier molecular flexibility index (Phi) is 5.68. The van der Waals surface area contributed by atoms with Gasteiger partial charge in [-0.15, -0.1) is 0 Å². The fraction of sp³-hybridized carbons (Fsp3) is 0.826. The van der Waals surface area contributed by atoms with Crippen molar-refractivity contribution in [2.24, 2.45) is 59.2 Å². The standard InChI is InChI=1S/C23H35NO7S/c1-10-11(2)14-8-13(10)17-15-9-16(18(14)17)20(22(26)30-23(4,5)6)19(15)21(25)29-12(3)31-24-32(7,27)28/h10-11,13-20,24H,3,8-9H2,1-2,4-7H3. The van der Waals surface area contributed by atoms with Crippen molar-refractivity contribution in [1.82, 2.24) is 4.89 Å². The molecule has 10 unspecified atom stereocenters. The Hall–Kier alpha value is -1.61. The minimum Gasteiger partial charge on any atom is -0.460 e. The van der Waals surface area contributed by atoms with E-state index >= 15 is 0 Å². The highest BCUT2D eigenvalue weighted by Crippen LogP contribution is 2.72. The highest BCUT2D eigenvalue weighted by Gasteiger charge is 2.71. The first-order chi connectivity index (χ1) is 14.7. The van der Waals surface area contributed by atoms with Crippen LogP contribution >= 0.6 is 0 Å². The number of nitrogens with one attached hydrogen (secondary N) is 1. The summed E-state index contributed by atoms with van der Waals surface area (Å²) in [6.45, 7) is 13.6. The van der Waals surface area contributed by atoms with E-state index in [2.05, 4.69) is 20.4 Å². The predicted octanol–water partition coefficient (Wildman–Crippen LogP) is 2.86. The molecule has 0 amide bonds. The van der Waals surface area contributed by atoms with Gasteiger partial charge in [0.15, 0.2) is 0 Å². The molecular weight excluding hydrogens is 434 g/mol. The summed E-state index contributed by atoms with van der Waals surface area (Å²) in [5.41, 5.74) is -0.657. The second-order valence-electron chi connectivity index (χ2n) is 11.3. The lowest BCUT2D eigenvalue weighted by Crippen LogP contribution is -2.48. The summed E-state index contributed by atoms with van der Waals surface area (Å²) < 4.78 is 33.5. The molecule has 32 heavy (non-hydrogen) atoms. The van der Waals surface area contributed by atoms with Crippen molar-refractivity contribution in [3.05, 3.63) is 12.5 Å². The molecule has 0 aromatic heterocycles. The van der Waals surface area contributed by atoms with Gasteiger partial charge in [-0.2, -0.15) is 0 Å². The van der Waals surface area contributed by atoms with Gasteiger partial charge in [0.2, 0.25) is 10.0 Å². The monoisotopic (exact) mass is 469 g/mol. The van der Waals surface area contributed by atoms with Gasteiger partial charge < -0.3 is 14.3 Å². The Morgan fingerprint density at radius 2 is 1.38 bits per heavy atom. The molecule has 0 radical (unpaired) electrons. The lowest BCUT2D eigenvalue weighted by atomic mass is 9.59. The number of sulfonamides is 1. The van der Waals surface area contributed by atoms with E-state index in [-0.39, 0.29) is 17.8 Å². The third-order valence-electron chi connectivity index (χ3n) is 8.47. The van der Waals surface area contributed by atoms with Gasteiger partial charge in [-0.25, -0.2) is 8.42 Å². The lowest BCUT2D eigenvalue weighted by molar-refractivity contribution is -0.175. The van der Waals surface area contributed by atoms with Gasteiger partial charge in [0.05, 0.1) is 18.1 Å². The highest BCUT2D eigenvalue weighted by molar-refractivity contribution is 7.88. The number of hydrogen-bond donors (Lipinski definition) is 1. The van der Waals surface area contributed by atoms with Crippen LogP contribution in [0.1, 0.15) is 47.5 Å². The maximum Gasteiger partial charge on any atom is 0.317 e. The first-order valence-electron chi connectivity index (χ1n) is 11.5. The molecule has 8 nitrogen and oxygen atoms in total. The Labute approximate surface area is 190 Å². The molecule has 0 spiro atoms. The van der Waals surface area contributed by atoms with Crippen LogP contribution in [0.5, 0.6) is 0 Å². The van der Waals surface area contributed by atoms with Gasteiger partial charge in [0, 0.05) is 0 Å². The minimum absolute atomic E-state index is 0.0515. The van der Waals surface area contributed by atoms with Gasteiger partial charge in [-0.3, -0.25) is 9.59 Å². The molecule has 4 fully saturated rings. The fourth-order valence-corrected chi connectivity index (χ4v) is 7.83.